The zero-order valence-electron chi connectivity index (χ0n) is 19.4. The van der Waals surface area contributed by atoms with Crippen LogP contribution in [0.3, 0.4) is 0 Å². The Labute approximate surface area is 211 Å². The van der Waals surface area contributed by atoms with E-state index >= 15 is 0 Å². The van der Waals surface area contributed by atoms with E-state index in [4.69, 9.17) is 19.2 Å². The highest BCUT2D eigenvalue weighted by atomic mass is 31.2. The lowest BCUT2D eigenvalue weighted by molar-refractivity contribution is -0.224. The fourth-order valence-corrected chi connectivity index (χ4v) is 3.30. The number of aromatic nitrogens is 5. The highest BCUT2D eigenvalue weighted by Crippen LogP contribution is 2.32. The van der Waals surface area contributed by atoms with Gasteiger partial charge in [0.1, 0.15) is 11.5 Å². The molecule has 0 spiro atoms. The minimum atomic E-state index is -4.95. The van der Waals surface area contributed by atoms with Crippen molar-refractivity contribution in [2.75, 3.05) is 11.4 Å². The summed E-state index contributed by atoms with van der Waals surface area (Å²) in [6.45, 7) is 2.02. The van der Waals surface area contributed by atoms with Gasteiger partial charge in [0.05, 0.1) is 18.8 Å². The van der Waals surface area contributed by atoms with Crippen molar-refractivity contribution < 1.29 is 51.4 Å². The van der Waals surface area contributed by atoms with Gasteiger partial charge in [-0.15, -0.1) is 10.2 Å². The number of halogens is 4. The maximum atomic E-state index is 14.8. The summed E-state index contributed by atoms with van der Waals surface area (Å²) in [5.74, 6) is -0.393. The number of carbonyl (C=O) groups excluding carboxylic acids is 1. The lowest BCUT2D eigenvalue weighted by Crippen LogP contribution is -2.42. The van der Waals surface area contributed by atoms with Crippen molar-refractivity contribution in [3.8, 4) is 22.6 Å². The van der Waals surface area contributed by atoms with Crippen molar-refractivity contribution in [1.82, 2.24) is 25.2 Å². The number of cyclic esters (lactones) is 1. The maximum Gasteiger partial charge on any atom is 0.466 e. The summed E-state index contributed by atoms with van der Waals surface area (Å²) in [6.07, 6.45) is -8.43. The Bertz CT molecular complexity index is 1310. The standard InChI is InChI=1S/C20H18F4N6O3.H3O4P/c1-2-7-30-27-18(26-28-30)15-6-3-11(9-25-15)13-5-4-12(8-14(13)21)29-10-16(33-19(29)32)17(31)20(22,23)24;1-5(2,3)4/h3-6,8-9,16-17,31H,2,7,10H2,1H3;(H3,1,2,3,4)/t16-,17?;/m0./s1. The van der Waals surface area contributed by atoms with E-state index in [9.17, 15) is 27.5 Å². The predicted octanol–water partition coefficient (Wildman–Crippen LogP) is 2.27. The molecule has 1 amide bonds. The van der Waals surface area contributed by atoms with E-state index < -0.39 is 44.7 Å². The number of tetrazole rings is 1. The van der Waals surface area contributed by atoms with Gasteiger partial charge < -0.3 is 24.5 Å². The van der Waals surface area contributed by atoms with E-state index in [0.29, 0.717) is 23.6 Å². The molecule has 13 nitrogen and oxygen atoms in total. The van der Waals surface area contributed by atoms with Gasteiger partial charge in [0.2, 0.25) is 5.82 Å². The highest BCUT2D eigenvalue weighted by molar-refractivity contribution is 7.45. The number of aryl methyl sites for hydroxylation is 1. The van der Waals surface area contributed by atoms with Crippen LogP contribution in [0.25, 0.3) is 22.6 Å². The van der Waals surface area contributed by atoms with Crippen LogP contribution < -0.4 is 4.90 Å². The normalized spacial score (nSPS) is 16.6. The van der Waals surface area contributed by atoms with E-state index in [0.717, 1.165) is 17.4 Å². The zero-order chi connectivity index (χ0) is 28.3. The summed E-state index contributed by atoms with van der Waals surface area (Å²) in [4.78, 5) is 40.1. The van der Waals surface area contributed by atoms with Crippen LogP contribution in [0.1, 0.15) is 13.3 Å². The molecule has 3 heterocycles. The van der Waals surface area contributed by atoms with Crippen molar-refractivity contribution in [3.63, 3.8) is 0 Å². The number of alkyl halides is 3. The molecule has 1 aliphatic rings. The van der Waals surface area contributed by atoms with Gasteiger partial charge in [0.15, 0.2) is 12.2 Å². The molecule has 1 unspecified atom stereocenters. The number of benzene rings is 1. The number of amides is 1. The van der Waals surface area contributed by atoms with E-state index in [2.05, 4.69) is 25.1 Å². The number of phosphoric acid groups is 1. The largest absolute Gasteiger partial charge is 0.466 e. The average Bonchev–Trinajstić information content (AvgIpc) is 3.44. The van der Waals surface area contributed by atoms with Gasteiger partial charge in [-0.3, -0.25) is 9.88 Å². The van der Waals surface area contributed by atoms with Crippen LogP contribution in [0.15, 0.2) is 36.5 Å². The second-order valence-corrected chi connectivity index (χ2v) is 8.86. The van der Waals surface area contributed by atoms with Crippen molar-refractivity contribution in [2.45, 2.75) is 38.3 Å². The molecular weight excluding hydrogens is 543 g/mol. The van der Waals surface area contributed by atoms with E-state index in [1.165, 1.54) is 23.1 Å². The minimum absolute atomic E-state index is 0.000517. The van der Waals surface area contributed by atoms with Gasteiger partial charge in [0.25, 0.3) is 0 Å². The molecule has 4 rings (SSSR count). The predicted molar refractivity (Wildman–Crippen MR) is 121 cm³/mol. The highest BCUT2D eigenvalue weighted by Gasteiger charge is 2.49. The molecule has 1 aromatic carbocycles. The van der Waals surface area contributed by atoms with E-state index in [-0.39, 0.29) is 11.3 Å². The van der Waals surface area contributed by atoms with Crippen molar-refractivity contribution in [3.05, 3.63) is 42.3 Å². The summed E-state index contributed by atoms with van der Waals surface area (Å²) in [5, 5.41) is 21.4. The first-order valence-corrected chi connectivity index (χ1v) is 12.3. The monoisotopic (exact) mass is 564 g/mol. The van der Waals surface area contributed by atoms with Crippen LogP contribution in [0.2, 0.25) is 0 Å². The number of pyridine rings is 1. The van der Waals surface area contributed by atoms with Gasteiger partial charge >= 0.3 is 20.1 Å². The Hall–Kier alpha value is -3.50. The minimum Gasteiger partial charge on any atom is -0.441 e. The third-order valence-electron chi connectivity index (χ3n) is 4.97. The van der Waals surface area contributed by atoms with Crippen LogP contribution in [-0.4, -0.2) is 76.0 Å². The van der Waals surface area contributed by atoms with Gasteiger partial charge in [-0.1, -0.05) is 13.0 Å². The van der Waals surface area contributed by atoms with Gasteiger partial charge in [0, 0.05) is 17.3 Å². The van der Waals surface area contributed by atoms with Crippen LogP contribution >= 0.6 is 7.82 Å². The number of rotatable bonds is 6. The molecule has 2 aromatic heterocycles. The van der Waals surface area contributed by atoms with Crippen LogP contribution in [0.5, 0.6) is 0 Å². The zero-order valence-corrected chi connectivity index (χ0v) is 20.3. The van der Waals surface area contributed by atoms with Crippen molar-refractivity contribution in [2.24, 2.45) is 0 Å². The lowest BCUT2D eigenvalue weighted by Gasteiger charge is -2.19. The van der Waals surface area contributed by atoms with Crippen LogP contribution in [-0.2, 0) is 15.8 Å². The first-order chi connectivity index (χ1) is 17.7. The topological polar surface area (TPSA) is 184 Å². The number of hydrogen-bond acceptors (Lipinski definition) is 8. The van der Waals surface area contributed by atoms with Crippen LogP contribution in [0.4, 0.5) is 28.0 Å². The molecule has 0 aliphatic carbocycles. The molecule has 38 heavy (non-hydrogen) atoms. The van der Waals surface area contributed by atoms with E-state index in [1.807, 2.05) is 6.92 Å². The number of ether oxygens (including phenoxy) is 1. The number of nitrogens with zero attached hydrogens (tertiary/aromatic N) is 6. The molecule has 206 valence electrons. The van der Waals surface area contributed by atoms with Crippen LogP contribution in [0, 0.1) is 5.82 Å². The molecular formula is C20H21F4N6O7P. The Morgan fingerprint density at radius 1 is 1.21 bits per heavy atom. The fraction of sp³-hybridized carbons (Fsp3) is 0.350. The Morgan fingerprint density at radius 3 is 2.45 bits per heavy atom. The Kier molecular flexibility index (Phi) is 8.79. The van der Waals surface area contributed by atoms with Crippen molar-refractivity contribution in [1.29, 1.82) is 0 Å². The molecule has 18 heteroatoms. The quantitative estimate of drug-likeness (QED) is 0.254. The third kappa shape index (κ3) is 7.52. The summed E-state index contributed by atoms with van der Waals surface area (Å²) in [5.41, 5.74) is 1.05. The summed E-state index contributed by atoms with van der Waals surface area (Å²) in [6, 6.07) is 6.97. The summed E-state index contributed by atoms with van der Waals surface area (Å²) < 4.78 is 66.4. The second kappa shape index (κ2) is 11.5. The Balaban J connectivity index is 0.000000732. The van der Waals surface area contributed by atoms with E-state index in [1.54, 1.807) is 12.1 Å². The third-order valence-corrected chi connectivity index (χ3v) is 4.97. The number of aliphatic hydroxyl groups is 1. The molecule has 0 bridgehead atoms. The number of carbonyl (C=O) groups is 1. The van der Waals surface area contributed by atoms with Gasteiger partial charge in [-0.25, -0.2) is 13.8 Å². The number of aliphatic hydroxyl groups excluding tert-OH is 1. The molecule has 2 atom stereocenters. The van der Waals surface area contributed by atoms with Gasteiger partial charge in [-0.05, 0) is 35.9 Å². The number of anilines is 1. The maximum absolute atomic E-state index is 14.8. The first kappa shape index (κ1) is 29.1. The van der Waals surface area contributed by atoms with Gasteiger partial charge in [-0.2, -0.15) is 18.0 Å². The average molecular weight is 564 g/mol. The molecule has 1 aliphatic heterocycles. The molecule has 1 saturated heterocycles. The number of hydrogen-bond donors (Lipinski definition) is 4. The first-order valence-electron chi connectivity index (χ1n) is 10.7. The molecule has 3 aromatic rings. The lowest BCUT2D eigenvalue weighted by atomic mass is 10.1. The molecule has 1 fully saturated rings. The SMILES string of the molecule is CCCn1nnc(-c2ccc(-c3ccc(N4C[C@@H](C(O)C(F)(F)F)OC4=O)cc3F)cn2)n1.O=P(O)(O)O. The molecule has 0 saturated carbocycles. The van der Waals surface area contributed by atoms with Crippen molar-refractivity contribution >= 4 is 19.6 Å². The second-order valence-electron chi connectivity index (χ2n) is 7.84. The fourth-order valence-electron chi connectivity index (χ4n) is 3.30. The summed E-state index contributed by atoms with van der Waals surface area (Å²) >= 11 is 0. The Morgan fingerprint density at radius 2 is 1.89 bits per heavy atom. The molecule has 4 N–H and O–H groups in total. The summed E-state index contributed by atoms with van der Waals surface area (Å²) in [7, 11) is -4.64. The molecule has 0 radical (unpaired) electrons. The smallest absolute Gasteiger partial charge is 0.441 e.